The van der Waals surface area contributed by atoms with Crippen LogP contribution in [-0.2, 0) is 9.53 Å². The molecule has 1 heterocycles. The Balaban J connectivity index is 1.67. The van der Waals surface area contributed by atoms with Gasteiger partial charge in [-0.2, -0.15) is 0 Å². The molecular formula is C24H29ClN4O4. The molecule has 9 heteroatoms. The lowest BCUT2D eigenvalue weighted by Gasteiger charge is -2.38. The average Bonchev–Trinajstić information content (AvgIpc) is 2.80. The zero-order valence-electron chi connectivity index (χ0n) is 19.0. The van der Waals surface area contributed by atoms with E-state index >= 15 is 0 Å². The zero-order chi connectivity index (χ0) is 24.0. The summed E-state index contributed by atoms with van der Waals surface area (Å²) in [5, 5.41) is 5.99. The summed E-state index contributed by atoms with van der Waals surface area (Å²) < 4.78 is 5.03. The minimum Gasteiger partial charge on any atom is -0.468 e. The third-order valence-corrected chi connectivity index (χ3v) is 5.72. The molecule has 3 rings (SSSR count). The van der Waals surface area contributed by atoms with Crippen LogP contribution in [0.5, 0.6) is 0 Å². The van der Waals surface area contributed by atoms with Gasteiger partial charge < -0.3 is 20.3 Å². The van der Waals surface area contributed by atoms with Gasteiger partial charge in [0.15, 0.2) is 0 Å². The monoisotopic (exact) mass is 472 g/mol. The van der Waals surface area contributed by atoms with Crippen LogP contribution in [0, 0.1) is 0 Å². The molecule has 8 nitrogen and oxygen atoms in total. The Morgan fingerprint density at radius 3 is 2.33 bits per heavy atom. The van der Waals surface area contributed by atoms with E-state index < -0.39 is 6.04 Å². The molecule has 0 aromatic heterocycles. The molecule has 176 valence electrons. The summed E-state index contributed by atoms with van der Waals surface area (Å²) in [7, 11) is 1.36. The summed E-state index contributed by atoms with van der Waals surface area (Å²) in [5.41, 5.74) is 1.72. The topological polar surface area (TPSA) is 91.0 Å². The first-order chi connectivity index (χ1) is 15.8. The predicted octanol–water partition coefficient (Wildman–Crippen LogP) is 3.54. The predicted molar refractivity (Wildman–Crippen MR) is 127 cm³/mol. The van der Waals surface area contributed by atoms with Crippen LogP contribution in [0.15, 0.2) is 48.5 Å². The third-order valence-electron chi connectivity index (χ3n) is 5.38. The van der Waals surface area contributed by atoms with Crippen LogP contribution in [0.4, 0.5) is 10.5 Å². The van der Waals surface area contributed by atoms with Gasteiger partial charge in [0.05, 0.1) is 7.11 Å². The summed E-state index contributed by atoms with van der Waals surface area (Å²) in [5.74, 6) is -0.517. The fraction of sp³-hybridized carbons (Fsp3) is 0.375. The number of carbonyl (C=O) groups is 3. The molecule has 0 bridgehead atoms. The molecule has 1 aliphatic heterocycles. The Morgan fingerprint density at radius 1 is 1.00 bits per heavy atom. The van der Waals surface area contributed by atoms with Crippen LogP contribution in [0.2, 0.25) is 5.02 Å². The smallest absolute Gasteiger partial charge is 0.327 e. The number of methoxy groups -OCH3 is 1. The summed E-state index contributed by atoms with van der Waals surface area (Å²) in [6, 6.07) is 13.1. The van der Waals surface area contributed by atoms with Crippen molar-refractivity contribution in [3.05, 3.63) is 64.7 Å². The molecule has 0 spiro atoms. The first-order valence-electron chi connectivity index (χ1n) is 10.8. The molecule has 1 atom stereocenters. The SMILES string of the molecule is COC(=O)C(c1ccccc1Cl)N1CCN(C(=O)c2cccc(NC(=O)NC(C)C)c2)CC1. The third kappa shape index (κ3) is 6.24. The van der Waals surface area contributed by atoms with Crippen LogP contribution >= 0.6 is 11.6 Å². The minimum absolute atomic E-state index is 0.00527. The zero-order valence-corrected chi connectivity index (χ0v) is 19.8. The number of nitrogens with zero attached hydrogens (tertiary/aromatic N) is 2. The molecule has 1 unspecified atom stereocenters. The number of halogens is 1. The maximum atomic E-state index is 13.1. The van der Waals surface area contributed by atoms with Gasteiger partial charge in [-0.05, 0) is 43.7 Å². The maximum Gasteiger partial charge on any atom is 0.327 e. The van der Waals surface area contributed by atoms with Gasteiger partial charge in [0.1, 0.15) is 6.04 Å². The molecule has 2 N–H and O–H groups in total. The molecule has 2 aromatic carbocycles. The van der Waals surface area contributed by atoms with Crippen LogP contribution in [0.1, 0.15) is 35.8 Å². The lowest BCUT2D eigenvalue weighted by molar-refractivity contribution is -0.148. The number of amides is 3. The van der Waals surface area contributed by atoms with Crippen molar-refractivity contribution in [2.75, 3.05) is 38.6 Å². The van der Waals surface area contributed by atoms with E-state index in [1.165, 1.54) is 7.11 Å². The Bertz CT molecular complexity index is 1010. The number of piperazine rings is 1. The summed E-state index contributed by atoms with van der Waals surface area (Å²) in [6.07, 6.45) is 0. The second-order valence-corrected chi connectivity index (χ2v) is 8.52. The number of hydrogen-bond acceptors (Lipinski definition) is 5. The molecular weight excluding hydrogens is 444 g/mol. The number of benzene rings is 2. The lowest BCUT2D eigenvalue weighted by atomic mass is 10.0. The van der Waals surface area contributed by atoms with E-state index in [0.717, 1.165) is 0 Å². The Hall–Kier alpha value is -3.10. The minimum atomic E-state index is -0.632. The quantitative estimate of drug-likeness (QED) is 0.627. The van der Waals surface area contributed by atoms with Crippen molar-refractivity contribution in [3.8, 4) is 0 Å². The highest BCUT2D eigenvalue weighted by molar-refractivity contribution is 6.31. The fourth-order valence-electron chi connectivity index (χ4n) is 3.81. The number of esters is 1. The number of ether oxygens (including phenoxy) is 1. The average molecular weight is 473 g/mol. The van der Waals surface area contributed by atoms with Gasteiger partial charge in [0, 0.05) is 48.5 Å². The molecule has 1 saturated heterocycles. The number of anilines is 1. The molecule has 0 saturated carbocycles. The molecule has 1 fully saturated rings. The van der Waals surface area contributed by atoms with E-state index in [4.69, 9.17) is 16.3 Å². The van der Waals surface area contributed by atoms with Crippen molar-refractivity contribution in [2.45, 2.75) is 25.9 Å². The van der Waals surface area contributed by atoms with Gasteiger partial charge in [-0.15, -0.1) is 0 Å². The lowest BCUT2D eigenvalue weighted by Crippen LogP contribution is -2.51. The Kier molecular flexibility index (Phi) is 8.30. The maximum absolute atomic E-state index is 13.1. The van der Waals surface area contributed by atoms with Crippen molar-refractivity contribution in [1.29, 1.82) is 0 Å². The van der Waals surface area contributed by atoms with Crippen molar-refractivity contribution in [3.63, 3.8) is 0 Å². The summed E-state index contributed by atoms with van der Waals surface area (Å²) in [4.78, 5) is 41.3. The van der Waals surface area contributed by atoms with Crippen LogP contribution < -0.4 is 10.6 Å². The largest absolute Gasteiger partial charge is 0.468 e. The number of hydrogen-bond donors (Lipinski definition) is 2. The summed E-state index contributed by atoms with van der Waals surface area (Å²) >= 11 is 6.34. The first-order valence-corrected chi connectivity index (χ1v) is 11.2. The van der Waals surface area contributed by atoms with E-state index in [-0.39, 0.29) is 23.9 Å². The van der Waals surface area contributed by atoms with Crippen molar-refractivity contribution >= 4 is 35.2 Å². The molecule has 0 aliphatic carbocycles. The van der Waals surface area contributed by atoms with Crippen molar-refractivity contribution in [2.24, 2.45) is 0 Å². The molecule has 2 aromatic rings. The van der Waals surface area contributed by atoms with Gasteiger partial charge >= 0.3 is 12.0 Å². The highest BCUT2D eigenvalue weighted by atomic mass is 35.5. The van der Waals surface area contributed by atoms with Crippen LogP contribution in [0.3, 0.4) is 0 Å². The Labute approximate surface area is 198 Å². The number of urea groups is 1. The number of rotatable bonds is 6. The van der Waals surface area contributed by atoms with E-state index in [0.29, 0.717) is 48.0 Å². The first kappa shape index (κ1) is 24.5. The molecule has 33 heavy (non-hydrogen) atoms. The number of nitrogens with one attached hydrogen (secondary N) is 2. The van der Waals surface area contributed by atoms with Gasteiger partial charge in [0.25, 0.3) is 5.91 Å². The van der Waals surface area contributed by atoms with E-state index in [1.807, 2.05) is 36.9 Å². The second kappa shape index (κ2) is 11.2. The molecule has 3 amide bonds. The van der Waals surface area contributed by atoms with Crippen LogP contribution in [0.25, 0.3) is 0 Å². The standard InChI is InChI=1S/C24H29ClN4O4/c1-16(2)26-24(32)27-18-8-6-7-17(15-18)22(30)29-13-11-28(12-14-29)21(23(31)33-3)19-9-4-5-10-20(19)25/h4-10,15-16,21H,11-14H2,1-3H3,(H2,26,27,32). The van der Waals surface area contributed by atoms with Crippen molar-refractivity contribution < 1.29 is 19.1 Å². The fourth-order valence-corrected chi connectivity index (χ4v) is 4.05. The van der Waals surface area contributed by atoms with Gasteiger partial charge in [0.2, 0.25) is 0 Å². The highest BCUT2D eigenvalue weighted by Gasteiger charge is 2.33. The van der Waals surface area contributed by atoms with Gasteiger partial charge in [-0.1, -0.05) is 35.9 Å². The van der Waals surface area contributed by atoms with E-state index in [1.54, 1.807) is 35.2 Å². The van der Waals surface area contributed by atoms with Gasteiger partial charge in [-0.25, -0.2) is 9.59 Å². The number of carbonyl (C=O) groups excluding carboxylic acids is 3. The van der Waals surface area contributed by atoms with Crippen LogP contribution in [-0.4, -0.2) is 67.0 Å². The van der Waals surface area contributed by atoms with Gasteiger partial charge in [-0.3, -0.25) is 9.69 Å². The van der Waals surface area contributed by atoms with E-state index in [9.17, 15) is 14.4 Å². The highest BCUT2D eigenvalue weighted by Crippen LogP contribution is 2.29. The normalized spacial score (nSPS) is 15.1. The summed E-state index contributed by atoms with van der Waals surface area (Å²) in [6.45, 7) is 5.62. The Morgan fingerprint density at radius 2 is 1.70 bits per heavy atom. The molecule has 0 radical (unpaired) electrons. The van der Waals surface area contributed by atoms with Crippen molar-refractivity contribution in [1.82, 2.24) is 15.1 Å². The van der Waals surface area contributed by atoms with E-state index in [2.05, 4.69) is 10.6 Å². The second-order valence-electron chi connectivity index (χ2n) is 8.11. The molecule has 1 aliphatic rings.